The fourth-order valence-electron chi connectivity index (χ4n) is 2.29. The van der Waals surface area contributed by atoms with Crippen molar-refractivity contribution in [3.63, 3.8) is 0 Å². The Labute approximate surface area is 89.7 Å². The highest BCUT2D eigenvalue weighted by atomic mass is 15.0. The highest BCUT2D eigenvalue weighted by molar-refractivity contribution is 4.79. The zero-order valence-electron chi connectivity index (χ0n) is 10.4. The normalized spacial score (nSPS) is 29.1. The monoisotopic (exact) mass is 197 g/mol. The molecule has 0 amide bonds. The Hall–Kier alpha value is -0.0400. The third-order valence-electron chi connectivity index (χ3n) is 3.80. The molecule has 0 heterocycles. The van der Waals surface area contributed by atoms with Gasteiger partial charge >= 0.3 is 0 Å². The summed E-state index contributed by atoms with van der Waals surface area (Å²) in [6, 6.07) is 0. The van der Waals surface area contributed by atoms with Gasteiger partial charge in [-0.3, -0.25) is 0 Å². The van der Waals surface area contributed by atoms with Crippen LogP contribution in [0.1, 0.15) is 59.8 Å². The van der Waals surface area contributed by atoms with Crippen LogP contribution in [0.25, 0.3) is 0 Å². The van der Waals surface area contributed by atoms with Gasteiger partial charge in [-0.05, 0) is 51.5 Å². The number of rotatable bonds is 4. The van der Waals surface area contributed by atoms with Crippen LogP contribution in [0.15, 0.2) is 0 Å². The molecule has 1 heteroatoms. The van der Waals surface area contributed by atoms with Crippen LogP contribution in [0.3, 0.4) is 0 Å². The Balaban J connectivity index is 2.23. The van der Waals surface area contributed by atoms with Gasteiger partial charge in [0, 0.05) is 5.54 Å². The second-order valence-corrected chi connectivity index (χ2v) is 5.76. The molecule has 1 nitrogen and oxygen atoms in total. The third kappa shape index (κ3) is 4.00. The van der Waals surface area contributed by atoms with Crippen molar-refractivity contribution in [2.75, 3.05) is 6.54 Å². The molecule has 1 fully saturated rings. The van der Waals surface area contributed by atoms with Gasteiger partial charge in [0.2, 0.25) is 0 Å². The zero-order valence-corrected chi connectivity index (χ0v) is 10.4. The SMILES string of the molecule is CCC(C)(C)NCC1CCCC(C)C1. The molecule has 1 N–H and O–H groups in total. The van der Waals surface area contributed by atoms with Crippen molar-refractivity contribution in [2.45, 2.75) is 65.3 Å². The quantitative estimate of drug-likeness (QED) is 0.726. The number of nitrogens with one attached hydrogen (secondary N) is 1. The minimum Gasteiger partial charge on any atom is -0.312 e. The van der Waals surface area contributed by atoms with Crippen molar-refractivity contribution in [3.8, 4) is 0 Å². The first-order chi connectivity index (χ1) is 6.53. The van der Waals surface area contributed by atoms with Gasteiger partial charge in [0.05, 0.1) is 0 Å². The van der Waals surface area contributed by atoms with Gasteiger partial charge < -0.3 is 5.32 Å². The Kier molecular flexibility index (Phi) is 4.43. The van der Waals surface area contributed by atoms with Crippen LogP contribution in [0.4, 0.5) is 0 Å². The molecule has 0 aliphatic heterocycles. The van der Waals surface area contributed by atoms with Gasteiger partial charge in [-0.1, -0.05) is 26.7 Å². The standard InChI is InChI=1S/C13H27N/c1-5-13(3,4)14-10-12-8-6-7-11(2)9-12/h11-12,14H,5-10H2,1-4H3. The largest absolute Gasteiger partial charge is 0.312 e. The van der Waals surface area contributed by atoms with E-state index in [2.05, 4.69) is 33.0 Å². The van der Waals surface area contributed by atoms with Crippen LogP contribution in [0.2, 0.25) is 0 Å². The molecule has 0 aromatic rings. The van der Waals surface area contributed by atoms with Gasteiger partial charge in [-0.2, -0.15) is 0 Å². The van der Waals surface area contributed by atoms with Gasteiger partial charge in [-0.15, -0.1) is 0 Å². The minimum atomic E-state index is 0.334. The lowest BCUT2D eigenvalue weighted by Gasteiger charge is -2.31. The molecule has 0 saturated heterocycles. The average molecular weight is 197 g/mol. The fraction of sp³-hybridized carbons (Fsp3) is 1.00. The molecule has 2 atom stereocenters. The maximum Gasteiger partial charge on any atom is 0.0122 e. The Bertz CT molecular complexity index is 163. The molecule has 84 valence electrons. The predicted octanol–water partition coefficient (Wildman–Crippen LogP) is 3.59. The highest BCUT2D eigenvalue weighted by Crippen LogP contribution is 2.28. The topological polar surface area (TPSA) is 12.0 Å². The molecule has 1 aliphatic rings. The summed E-state index contributed by atoms with van der Waals surface area (Å²) >= 11 is 0. The van der Waals surface area contributed by atoms with E-state index in [-0.39, 0.29) is 0 Å². The number of hydrogen-bond acceptors (Lipinski definition) is 1. The van der Waals surface area contributed by atoms with E-state index in [0.29, 0.717) is 5.54 Å². The molecule has 14 heavy (non-hydrogen) atoms. The van der Waals surface area contributed by atoms with E-state index in [1.54, 1.807) is 0 Å². The van der Waals surface area contributed by atoms with E-state index in [0.717, 1.165) is 11.8 Å². The summed E-state index contributed by atoms with van der Waals surface area (Å²) in [6.07, 6.45) is 6.99. The van der Waals surface area contributed by atoms with Crippen molar-refractivity contribution >= 4 is 0 Å². The van der Waals surface area contributed by atoms with E-state index in [4.69, 9.17) is 0 Å². The molecule has 0 aromatic heterocycles. The van der Waals surface area contributed by atoms with Crippen LogP contribution < -0.4 is 5.32 Å². The molecule has 0 radical (unpaired) electrons. The van der Waals surface area contributed by atoms with E-state index >= 15 is 0 Å². The van der Waals surface area contributed by atoms with Crippen LogP contribution >= 0.6 is 0 Å². The van der Waals surface area contributed by atoms with E-state index in [1.165, 1.54) is 38.6 Å². The van der Waals surface area contributed by atoms with Crippen molar-refractivity contribution in [1.29, 1.82) is 0 Å². The lowest BCUT2D eigenvalue weighted by molar-refractivity contribution is 0.247. The van der Waals surface area contributed by atoms with Crippen LogP contribution in [0, 0.1) is 11.8 Å². The van der Waals surface area contributed by atoms with E-state index in [9.17, 15) is 0 Å². The first kappa shape index (κ1) is 12.0. The first-order valence-electron chi connectivity index (χ1n) is 6.28. The van der Waals surface area contributed by atoms with Crippen molar-refractivity contribution in [3.05, 3.63) is 0 Å². The third-order valence-corrected chi connectivity index (χ3v) is 3.80. The molecule has 1 aliphatic carbocycles. The van der Waals surface area contributed by atoms with E-state index in [1.807, 2.05) is 0 Å². The molecule has 1 saturated carbocycles. The van der Waals surface area contributed by atoms with Crippen LogP contribution in [0.5, 0.6) is 0 Å². The Morgan fingerprint density at radius 1 is 1.29 bits per heavy atom. The van der Waals surface area contributed by atoms with Gasteiger partial charge in [0.1, 0.15) is 0 Å². The molecular weight excluding hydrogens is 170 g/mol. The maximum absolute atomic E-state index is 3.70. The molecule has 0 spiro atoms. The number of hydrogen-bond donors (Lipinski definition) is 1. The summed E-state index contributed by atoms with van der Waals surface area (Å²) in [6.45, 7) is 10.5. The molecule has 0 aromatic carbocycles. The molecule has 2 unspecified atom stereocenters. The lowest BCUT2D eigenvalue weighted by Crippen LogP contribution is -2.42. The molecule has 0 bridgehead atoms. The van der Waals surface area contributed by atoms with Crippen LogP contribution in [-0.2, 0) is 0 Å². The molecular formula is C13H27N. The fourth-order valence-corrected chi connectivity index (χ4v) is 2.29. The second-order valence-electron chi connectivity index (χ2n) is 5.76. The average Bonchev–Trinajstić information content (AvgIpc) is 2.15. The molecule has 1 rings (SSSR count). The van der Waals surface area contributed by atoms with E-state index < -0.39 is 0 Å². The Morgan fingerprint density at radius 2 is 2.00 bits per heavy atom. The lowest BCUT2D eigenvalue weighted by atomic mass is 9.82. The van der Waals surface area contributed by atoms with Crippen molar-refractivity contribution < 1.29 is 0 Å². The summed E-state index contributed by atoms with van der Waals surface area (Å²) in [5.74, 6) is 1.89. The summed E-state index contributed by atoms with van der Waals surface area (Å²) in [4.78, 5) is 0. The van der Waals surface area contributed by atoms with Gasteiger partial charge in [-0.25, -0.2) is 0 Å². The minimum absolute atomic E-state index is 0.334. The Morgan fingerprint density at radius 3 is 2.57 bits per heavy atom. The predicted molar refractivity (Wildman–Crippen MR) is 63.5 cm³/mol. The van der Waals surface area contributed by atoms with Gasteiger partial charge in [0.15, 0.2) is 0 Å². The van der Waals surface area contributed by atoms with Crippen LogP contribution in [-0.4, -0.2) is 12.1 Å². The summed E-state index contributed by atoms with van der Waals surface area (Å²) in [5.41, 5.74) is 0.334. The first-order valence-corrected chi connectivity index (χ1v) is 6.28. The van der Waals surface area contributed by atoms with Gasteiger partial charge in [0.25, 0.3) is 0 Å². The summed E-state index contributed by atoms with van der Waals surface area (Å²) < 4.78 is 0. The highest BCUT2D eigenvalue weighted by Gasteiger charge is 2.21. The zero-order chi connectivity index (χ0) is 10.6. The van der Waals surface area contributed by atoms with Crippen molar-refractivity contribution in [2.24, 2.45) is 11.8 Å². The summed E-state index contributed by atoms with van der Waals surface area (Å²) in [5, 5.41) is 3.70. The maximum atomic E-state index is 3.70. The van der Waals surface area contributed by atoms with Crippen molar-refractivity contribution in [1.82, 2.24) is 5.32 Å². The second kappa shape index (κ2) is 5.16. The smallest absolute Gasteiger partial charge is 0.0122 e. The summed E-state index contributed by atoms with van der Waals surface area (Å²) in [7, 11) is 0.